The van der Waals surface area contributed by atoms with Crippen molar-refractivity contribution in [1.82, 2.24) is 5.32 Å². The van der Waals surface area contributed by atoms with E-state index in [0.717, 1.165) is 17.6 Å². The van der Waals surface area contributed by atoms with E-state index in [4.69, 9.17) is 0 Å². The van der Waals surface area contributed by atoms with Gasteiger partial charge in [-0.15, -0.1) is 0 Å². The zero-order valence-electron chi connectivity index (χ0n) is 13.0. The second kappa shape index (κ2) is 6.76. The number of hydrogen-bond acceptors (Lipinski definition) is 2. The predicted molar refractivity (Wildman–Crippen MR) is 89.0 cm³/mol. The third-order valence-corrected chi connectivity index (χ3v) is 3.59. The van der Waals surface area contributed by atoms with Gasteiger partial charge in [0.05, 0.1) is 0 Å². The molecule has 0 fully saturated rings. The van der Waals surface area contributed by atoms with Gasteiger partial charge >= 0.3 is 0 Å². The van der Waals surface area contributed by atoms with Crippen LogP contribution >= 0.6 is 15.9 Å². The van der Waals surface area contributed by atoms with E-state index in [2.05, 4.69) is 86.0 Å². The monoisotopic (exact) mass is 326 g/mol. The van der Waals surface area contributed by atoms with Gasteiger partial charge in [0.1, 0.15) is 0 Å². The van der Waals surface area contributed by atoms with Crippen molar-refractivity contribution in [2.45, 2.75) is 40.7 Å². The van der Waals surface area contributed by atoms with Gasteiger partial charge in [-0.1, -0.05) is 49.7 Å². The number of nitrogens with one attached hydrogen (secondary N) is 1. The molecule has 0 radical (unpaired) electrons. The van der Waals surface area contributed by atoms with Crippen LogP contribution < -0.4 is 10.2 Å². The van der Waals surface area contributed by atoms with Crippen molar-refractivity contribution >= 4 is 21.6 Å². The molecule has 108 valence electrons. The first kappa shape index (κ1) is 16.5. The highest BCUT2D eigenvalue weighted by molar-refractivity contribution is 9.10. The molecular formula is C16H27BrN2. The number of hydrogen-bond donors (Lipinski definition) is 1. The Morgan fingerprint density at radius 3 is 2.47 bits per heavy atom. The molecule has 1 aromatic rings. The Morgan fingerprint density at radius 1 is 1.32 bits per heavy atom. The topological polar surface area (TPSA) is 15.3 Å². The fourth-order valence-corrected chi connectivity index (χ4v) is 2.78. The molecular weight excluding hydrogens is 300 g/mol. The molecule has 1 aromatic carbocycles. The molecule has 0 heterocycles. The van der Waals surface area contributed by atoms with E-state index in [1.54, 1.807) is 0 Å². The Kier molecular flexibility index (Phi) is 5.87. The van der Waals surface area contributed by atoms with E-state index in [1.165, 1.54) is 11.3 Å². The standard InChI is InChI=1S/C16H27BrN2/c1-7-18-12(2)14-9-8-13(17)10-15(14)19(6)11-16(3,4)5/h8-10,12,18H,7,11H2,1-6H3. The summed E-state index contributed by atoms with van der Waals surface area (Å²) in [6, 6.07) is 6.92. The van der Waals surface area contributed by atoms with Crippen LogP contribution in [0.2, 0.25) is 0 Å². The average molecular weight is 327 g/mol. The molecule has 0 spiro atoms. The van der Waals surface area contributed by atoms with Crippen LogP contribution in [0.3, 0.4) is 0 Å². The Labute approximate surface area is 126 Å². The minimum atomic E-state index is 0.287. The SMILES string of the molecule is CCNC(C)c1ccc(Br)cc1N(C)CC(C)(C)C. The van der Waals surface area contributed by atoms with Crippen molar-refractivity contribution in [1.29, 1.82) is 0 Å². The smallest absolute Gasteiger partial charge is 0.0423 e. The fraction of sp³-hybridized carbons (Fsp3) is 0.625. The summed E-state index contributed by atoms with van der Waals surface area (Å²) in [7, 11) is 2.18. The van der Waals surface area contributed by atoms with Gasteiger partial charge in [0.2, 0.25) is 0 Å². The Balaban J connectivity index is 3.06. The van der Waals surface area contributed by atoms with Crippen molar-refractivity contribution in [3.8, 4) is 0 Å². The maximum Gasteiger partial charge on any atom is 0.0423 e. The van der Waals surface area contributed by atoms with Crippen molar-refractivity contribution in [3.63, 3.8) is 0 Å². The van der Waals surface area contributed by atoms with E-state index in [0.29, 0.717) is 6.04 Å². The van der Waals surface area contributed by atoms with Gasteiger partial charge in [-0.25, -0.2) is 0 Å². The van der Waals surface area contributed by atoms with Crippen LogP contribution in [0.25, 0.3) is 0 Å². The predicted octanol–water partition coefficient (Wildman–Crippen LogP) is 4.60. The highest BCUT2D eigenvalue weighted by Crippen LogP contribution is 2.30. The number of nitrogens with zero attached hydrogens (tertiary/aromatic N) is 1. The normalized spacial score (nSPS) is 13.4. The van der Waals surface area contributed by atoms with Crippen LogP contribution in [0, 0.1) is 5.41 Å². The number of halogens is 1. The van der Waals surface area contributed by atoms with E-state index in [1.807, 2.05) is 0 Å². The Morgan fingerprint density at radius 2 is 1.95 bits per heavy atom. The van der Waals surface area contributed by atoms with Crippen molar-refractivity contribution in [3.05, 3.63) is 28.2 Å². The van der Waals surface area contributed by atoms with Crippen LogP contribution in [-0.4, -0.2) is 20.1 Å². The number of rotatable bonds is 5. The molecule has 1 atom stereocenters. The molecule has 3 heteroatoms. The molecule has 0 aliphatic carbocycles. The number of benzene rings is 1. The second-order valence-electron chi connectivity index (χ2n) is 6.40. The van der Waals surface area contributed by atoms with Gasteiger partial charge < -0.3 is 10.2 Å². The zero-order chi connectivity index (χ0) is 14.6. The lowest BCUT2D eigenvalue weighted by Gasteiger charge is -2.31. The lowest BCUT2D eigenvalue weighted by molar-refractivity contribution is 0.418. The summed E-state index contributed by atoms with van der Waals surface area (Å²) in [5.41, 5.74) is 2.95. The van der Waals surface area contributed by atoms with Gasteiger partial charge in [-0.3, -0.25) is 0 Å². The van der Waals surface area contributed by atoms with Crippen LogP contribution in [-0.2, 0) is 0 Å². The lowest BCUT2D eigenvalue weighted by Crippen LogP contribution is -2.31. The second-order valence-corrected chi connectivity index (χ2v) is 7.31. The minimum Gasteiger partial charge on any atom is -0.374 e. The molecule has 0 aromatic heterocycles. The molecule has 19 heavy (non-hydrogen) atoms. The summed E-state index contributed by atoms with van der Waals surface area (Å²) in [4.78, 5) is 2.36. The Hall–Kier alpha value is -0.540. The van der Waals surface area contributed by atoms with Crippen LogP contribution in [0.4, 0.5) is 5.69 Å². The maximum atomic E-state index is 3.59. The molecule has 1 unspecified atom stereocenters. The molecule has 0 aliphatic rings. The van der Waals surface area contributed by atoms with Gasteiger partial charge in [-0.05, 0) is 36.6 Å². The maximum absolute atomic E-state index is 3.59. The summed E-state index contributed by atoms with van der Waals surface area (Å²) in [5, 5.41) is 3.50. The van der Waals surface area contributed by atoms with E-state index >= 15 is 0 Å². The van der Waals surface area contributed by atoms with Gasteiger partial charge in [0.25, 0.3) is 0 Å². The molecule has 2 nitrogen and oxygen atoms in total. The third kappa shape index (κ3) is 5.15. The van der Waals surface area contributed by atoms with E-state index < -0.39 is 0 Å². The largest absolute Gasteiger partial charge is 0.374 e. The average Bonchev–Trinajstić information content (AvgIpc) is 2.26. The minimum absolute atomic E-state index is 0.287. The summed E-state index contributed by atoms with van der Waals surface area (Å²) >= 11 is 3.59. The number of anilines is 1. The molecule has 0 saturated heterocycles. The summed E-state index contributed by atoms with van der Waals surface area (Å²) in [5.74, 6) is 0. The first-order chi connectivity index (χ1) is 8.74. The lowest BCUT2D eigenvalue weighted by atomic mass is 9.95. The summed E-state index contributed by atoms with van der Waals surface area (Å²) < 4.78 is 1.13. The van der Waals surface area contributed by atoms with E-state index in [-0.39, 0.29) is 5.41 Å². The fourth-order valence-electron chi connectivity index (χ4n) is 2.43. The van der Waals surface area contributed by atoms with Crippen molar-refractivity contribution < 1.29 is 0 Å². The zero-order valence-corrected chi connectivity index (χ0v) is 14.6. The summed E-state index contributed by atoms with van der Waals surface area (Å²) in [6.07, 6.45) is 0. The first-order valence-electron chi connectivity index (χ1n) is 6.98. The van der Waals surface area contributed by atoms with Crippen molar-refractivity contribution in [2.24, 2.45) is 5.41 Å². The highest BCUT2D eigenvalue weighted by atomic mass is 79.9. The van der Waals surface area contributed by atoms with E-state index in [9.17, 15) is 0 Å². The first-order valence-corrected chi connectivity index (χ1v) is 7.78. The molecule has 1 rings (SSSR count). The van der Waals surface area contributed by atoms with Crippen molar-refractivity contribution in [2.75, 3.05) is 25.0 Å². The van der Waals surface area contributed by atoms with Gasteiger partial charge in [0.15, 0.2) is 0 Å². The molecule has 0 saturated carbocycles. The Bertz CT molecular complexity index is 410. The van der Waals surface area contributed by atoms with Crippen LogP contribution in [0.1, 0.15) is 46.2 Å². The molecule has 0 aliphatic heterocycles. The van der Waals surface area contributed by atoms with Crippen LogP contribution in [0.5, 0.6) is 0 Å². The molecule has 0 bridgehead atoms. The molecule has 0 amide bonds. The van der Waals surface area contributed by atoms with Gasteiger partial charge in [0, 0.05) is 29.8 Å². The summed E-state index contributed by atoms with van der Waals surface area (Å²) in [6.45, 7) is 13.2. The molecule has 1 N–H and O–H groups in total. The highest BCUT2D eigenvalue weighted by Gasteiger charge is 2.18. The van der Waals surface area contributed by atoms with Crippen LogP contribution in [0.15, 0.2) is 22.7 Å². The quantitative estimate of drug-likeness (QED) is 0.850. The van der Waals surface area contributed by atoms with Gasteiger partial charge in [-0.2, -0.15) is 0 Å². The third-order valence-electron chi connectivity index (χ3n) is 3.09.